The molecule has 0 aliphatic carbocycles. The van der Waals surface area contributed by atoms with Gasteiger partial charge in [-0.05, 0) is 13.0 Å². The van der Waals surface area contributed by atoms with Crippen molar-refractivity contribution in [3.63, 3.8) is 0 Å². The van der Waals surface area contributed by atoms with Crippen LogP contribution in [-0.4, -0.2) is 71.0 Å². The molecule has 1 atom stereocenters. The number of anilines is 2. The maximum atomic E-state index is 12.3. The molecule has 2 aromatic rings. The van der Waals surface area contributed by atoms with Crippen molar-refractivity contribution in [3.05, 3.63) is 24.3 Å². The van der Waals surface area contributed by atoms with Crippen LogP contribution >= 0.6 is 0 Å². The molecule has 0 spiro atoms. The van der Waals surface area contributed by atoms with Crippen LogP contribution in [0.3, 0.4) is 0 Å². The van der Waals surface area contributed by atoms with Crippen LogP contribution in [0.4, 0.5) is 11.9 Å². The van der Waals surface area contributed by atoms with Crippen molar-refractivity contribution < 1.29 is 9.53 Å². The van der Waals surface area contributed by atoms with E-state index in [1.165, 1.54) is 0 Å². The first-order valence-corrected chi connectivity index (χ1v) is 8.56. The van der Waals surface area contributed by atoms with E-state index in [2.05, 4.69) is 30.3 Å². The van der Waals surface area contributed by atoms with Crippen LogP contribution in [0.2, 0.25) is 0 Å². The van der Waals surface area contributed by atoms with Gasteiger partial charge in [-0.2, -0.15) is 20.1 Å². The molecular formula is C16H24N8O2. The molecule has 0 bridgehead atoms. The van der Waals surface area contributed by atoms with E-state index in [-0.39, 0.29) is 12.5 Å². The van der Waals surface area contributed by atoms with Crippen LogP contribution in [0, 0.1) is 0 Å². The van der Waals surface area contributed by atoms with Gasteiger partial charge in [-0.3, -0.25) is 9.48 Å². The Labute approximate surface area is 152 Å². The van der Waals surface area contributed by atoms with Gasteiger partial charge in [0.25, 0.3) is 0 Å². The molecule has 0 radical (unpaired) electrons. The summed E-state index contributed by atoms with van der Waals surface area (Å²) in [6.07, 6.45) is 3.40. The average molecular weight is 360 g/mol. The van der Waals surface area contributed by atoms with Gasteiger partial charge in [0.2, 0.25) is 17.8 Å². The largest absolute Gasteiger partial charge is 0.378 e. The van der Waals surface area contributed by atoms with Gasteiger partial charge in [0.1, 0.15) is 6.04 Å². The third-order valence-corrected chi connectivity index (χ3v) is 4.07. The second-order valence-corrected chi connectivity index (χ2v) is 6.23. The number of carbonyl (C=O) groups excluding carboxylic acids is 1. The van der Waals surface area contributed by atoms with E-state index < -0.39 is 6.04 Å². The van der Waals surface area contributed by atoms with Crippen LogP contribution < -0.4 is 15.1 Å². The number of aromatic nitrogens is 5. The summed E-state index contributed by atoms with van der Waals surface area (Å²) in [7, 11) is 3.75. The van der Waals surface area contributed by atoms with Gasteiger partial charge in [-0.15, -0.1) is 0 Å². The number of hydrogen-bond acceptors (Lipinski definition) is 8. The van der Waals surface area contributed by atoms with E-state index in [9.17, 15) is 4.79 Å². The van der Waals surface area contributed by atoms with E-state index in [0.717, 1.165) is 13.1 Å². The van der Waals surface area contributed by atoms with E-state index in [0.29, 0.717) is 30.9 Å². The molecule has 0 saturated carbocycles. The second kappa shape index (κ2) is 8.09. The normalized spacial score (nSPS) is 15.6. The first-order valence-electron chi connectivity index (χ1n) is 8.56. The fourth-order valence-electron chi connectivity index (χ4n) is 2.52. The lowest BCUT2D eigenvalue weighted by Gasteiger charge is -2.27. The number of nitrogens with one attached hydrogen (secondary N) is 1. The zero-order valence-electron chi connectivity index (χ0n) is 15.3. The minimum atomic E-state index is -0.404. The van der Waals surface area contributed by atoms with Gasteiger partial charge in [-0.25, -0.2) is 0 Å². The lowest BCUT2D eigenvalue weighted by atomic mass is 10.3. The molecule has 0 aromatic carbocycles. The summed E-state index contributed by atoms with van der Waals surface area (Å²) >= 11 is 0. The van der Waals surface area contributed by atoms with Gasteiger partial charge in [-0.1, -0.05) is 0 Å². The number of ether oxygens (including phenoxy) is 1. The molecule has 3 rings (SSSR count). The zero-order chi connectivity index (χ0) is 18.5. The Balaban J connectivity index is 1.71. The zero-order valence-corrected chi connectivity index (χ0v) is 15.3. The molecule has 3 heterocycles. The summed E-state index contributed by atoms with van der Waals surface area (Å²) in [5.41, 5.74) is 0. The van der Waals surface area contributed by atoms with Crippen molar-refractivity contribution in [1.82, 2.24) is 30.0 Å². The van der Waals surface area contributed by atoms with Crippen molar-refractivity contribution in [1.29, 1.82) is 0 Å². The van der Waals surface area contributed by atoms with Crippen molar-refractivity contribution in [2.24, 2.45) is 0 Å². The highest BCUT2D eigenvalue weighted by molar-refractivity contribution is 5.79. The lowest BCUT2D eigenvalue weighted by Crippen LogP contribution is -2.38. The quantitative estimate of drug-likeness (QED) is 0.759. The van der Waals surface area contributed by atoms with Gasteiger partial charge in [0.05, 0.1) is 19.8 Å². The highest BCUT2D eigenvalue weighted by Gasteiger charge is 2.19. The van der Waals surface area contributed by atoms with Crippen molar-refractivity contribution >= 4 is 17.8 Å². The summed E-state index contributed by atoms with van der Waals surface area (Å²) in [4.78, 5) is 29.7. The molecule has 1 unspecified atom stereocenters. The molecule has 1 saturated heterocycles. The summed E-state index contributed by atoms with van der Waals surface area (Å²) in [5.74, 6) is 1.54. The Kier molecular flexibility index (Phi) is 5.61. The Morgan fingerprint density at radius 1 is 1.31 bits per heavy atom. The van der Waals surface area contributed by atoms with Crippen molar-refractivity contribution in [2.45, 2.75) is 19.5 Å². The van der Waals surface area contributed by atoms with Crippen LogP contribution in [0.25, 0.3) is 0 Å². The Morgan fingerprint density at radius 2 is 2.08 bits per heavy atom. The second-order valence-electron chi connectivity index (χ2n) is 6.23. The Hall–Kier alpha value is -2.75. The third kappa shape index (κ3) is 4.26. The summed E-state index contributed by atoms with van der Waals surface area (Å²) in [6, 6.07) is 1.38. The first kappa shape index (κ1) is 18.1. The summed E-state index contributed by atoms with van der Waals surface area (Å²) in [5, 5.41) is 6.96. The minimum Gasteiger partial charge on any atom is -0.378 e. The van der Waals surface area contributed by atoms with Gasteiger partial charge in [0, 0.05) is 39.6 Å². The molecule has 1 aliphatic rings. The summed E-state index contributed by atoms with van der Waals surface area (Å²) in [6.45, 7) is 4.79. The highest BCUT2D eigenvalue weighted by atomic mass is 16.5. The molecule has 26 heavy (non-hydrogen) atoms. The maximum absolute atomic E-state index is 12.3. The van der Waals surface area contributed by atoms with Gasteiger partial charge >= 0.3 is 0 Å². The standard InChI is InChI=1S/C16H24N8O2/c1-12(24-6-4-5-18-24)14(25)17-11-13-19-15(22(2)3)21-16(20-13)23-7-9-26-10-8-23/h4-6,12H,7-11H2,1-3H3,(H,17,25). The fourth-order valence-corrected chi connectivity index (χ4v) is 2.52. The number of carbonyl (C=O) groups is 1. The van der Waals surface area contributed by atoms with Crippen LogP contribution in [0.1, 0.15) is 18.8 Å². The Bertz CT molecular complexity index is 728. The first-order chi connectivity index (χ1) is 12.5. The number of morpholine rings is 1. The van der Waals surface area contributed by atoms with Gasteiger partial charge < -0.3 is 19.9 Å². The van der Waals surface area contributed by atoms with E-state index >= 15 is 0 Å². The van der Waals surface area contributed by atoms with Crippen molar-refractivity contribution in [2.75, 3.05) is 50.2 Å². The number of nitrogens with zero attached hydrogens (tertiary/aromatic N) is 7. The van der Waals surface area contributed by atoms with Crippen LogP contribution in [0.5, 0.6) is 0 Å². The molecule has 1 fully saturated rings. The average Bonchev–Trinajstić information content (AvgIpc) is 3.20. The van der Waals surface area contributed by atoms with E-state index in [1.807, 2.05) is 19.0 Å². The van der Waals surface area contributed by atoms with Crippen LogP contribution in [0.15, 0.2) is 18.5 Å². The maximum Gasteiger partial charge on any atom is 0.244 e. The third-order valence-electron chi connectivity index (χ3n) is 4.07. The number of hydrogen-bond donors (Lipinski definition) is 1. The predicted molar refractivity (Wildman–Crippen MR) is 96.0 cm³/mol. The van der Waals surface area contributed by atoms with Crippen molar-refractivity contribution in [3.8, 4) is 0 Å². The molecule has 2 aromatic heterocycles. The monoisotopic (exact) mass is 360 g/mol. The van der Waals surface area contributed by atoms with Crippen LogP contribution in [-0.2, 0) is 16.1 Å². The minimum absolute atomic E-state index is 0.145. The SMILES string of the molecule is CC(C(=O)NCc1nc(N(C)C)nc(N2CCOCC2)n1)n1cccn1. The fraction of sp³-hybridized carbons (Fsp3) is 0.562. The predicted octanol–water partition coefficient (Wildman–Crippen LogP) is -0.152. The molecule has 1 N–H and O–H groups in total. The topological polar surface area (TPSA) is 101 Å². The summed E-state index contributed by atoms with van der Waals surface area (Å²) < 4.78 is 6.99. The molecule has 1 aliphatic heterocycles. The molecule has 10 heteroatoms. The Morgan fingerprint density at radius 3 is 2.73 bits per heavy atom. The van der Waals surface area contributed by atoms with Gasteiger partial charge in [0.15, 0.2) is 5.82 Å². The smallest absolute Gasteiger partial charge is 0.244 e. The lowest BCUT2D eigenvalue weighted by molar-refractivity contribution is -0.124. The number of rotatable bonds is 6. The van der Waals surface area contributed by atoms with E-state index in [1.54, 1.807) is 30.1 Å². The molecule has 10 nitrogen and oxygen atoms in total. The number of amides is 1. The van der Waals surface area contributed by atoms with E-state index in [4.69, 9.17) is 4.74 Å². The highest BCUT2D eigenvalue weighted by Crippen LogP contribution is 2.14. The molecule has 1 amide bonds. The molecular weight excluding hydrogens is 336 g/mol. The molecule has 140 valence electrons.